The van der Waals surface area contributed by atoms with Crippen LogP contribution in [0.2, 0.25) is 0 Å². The van der Waals surface area contributed by atoms with E-state index in [4.69, 9.17) is 10.2 Å². The third kappa shape index (κ3) is 1.35. The normalized spacial score (nSPS) is 10.2. The van der Waals surface area contributed by atoms with Crippen molar-refractivity contribution in [2.45, 2.75) is 6.92 Å². The van der Waals surface area contributed by atoms with E-state index >= 15 is 0 Å². The summed E-state index contributed by atoms with van der Waals surface area (Å²) in [6, 6.07) is 0.139. The quantitative estimate of drug-likeness (QED) is 0.701. The second-order valence-electron chi connectivity index (χ2n) is 2.55. The summed E-state index contributed by atoms with van der Waals surface area (Å²) in [4.78, 5) is 12.0. The zero-order chi connectivity index (χ0) is 9.26. The number of nitrogen functional groups attached to an aromatic ring is 1. The van der Waals surface area contributed by atoms with Gasteiger partial charge in [-0.25, -0.2) is 9.97 Å². The predicted molar refractivity (Wildman–Crippen MR) is 46.7 cm³/mol. The zero-order valence-electron chi connectivity index (χ0n) is 7.06. The summed E-state index contributed by atoms with van der Waals surface area (Å²) in [6.45, 7) is 1.85. The Kier molecular flexibility index (Phi) is 1.70. The Hall–Kier alpha value is -1.91. The van der Waals surface area contributed by atoms with Crippen molar-refractivity contribution in [2.75, 3.05) is 5.73 Å². The second kappa shape index (κ2) is 2.85. The van der Waals surface area contributed by atoms with E-state index in [9.17, 15) is 0 Å². The van der Waals surface area contributed by atoms with Gasteiger partial charge in [-0.2, -0.15) is 0 Å². The number of anilines is 1. The summed E-state index contributed by atoms with van der Waals surface area (Å²) in [7, 11) is 0. The molecule has 5 nitrogen and oxygen atoms in total. The van der Waals surface area contributed by atoms with Gasteiger partial charge in [0.2, 0.25) is 0 Å². The molecule has 0 atom stereocenters. The molecule has 0 fully saturated rings. The largest absolute Gasteiger partial charge is 0.422 e. The van der Waals surface area contributed by atoms with Crippen LogP contribution < -0.4 is 5.73 Å². The standard InChI is InChI=1S/C8H8N4O/c1-5-7(11-3-2-10-5)6-4-12-8(9)13-6/h2-4H,1H3,(H2,9,12). The maximum absolute atomic E-state index is 5.34. The van der Waals surface area contributed by atoms with Crippen molar-refractivity contribution in [1.29, 1.82) is 0 Å². The first-order valence-electron chi connectivity index (χ1n) is 3.76. The van der Waals surface area contributed by atoms with Crippen LogP contribution in [-0.2, 0) is 0 Å². The van der Waals surface area contributed by atoms with Gasteiger partial charge in [0.05, 0.1) is 11.9 Å². The molecule has 2 heterocycles. The number of aryl methyl sites for hydroxylation is 1. The summed E-state index contributed by atoms with van der Waals surface area (Å²) in [5.41, 5.74) is 6.80. The van der Waals surface area contributed by atoms with Crippen LogP contribution in [0.15, 0.2) is 23.0 Å². The molecule has 13 heavy (non-hydrogen) atoms. The van der Waals surface area contributed by atoms with E-state index in [1.54, 1.807) is 12.4 Å². The van der Waals surface area contributed by atoms with Crippen LogP contribution >= 0.6 is 0 Å². The topological polar surface area (TPSA) is 77.8 Å². The van der Waals surface area contributed by atoms with E-state index in [-0.39, 0.29) is 6.01 Å². The molecule has 0 aliphatic heterocycles. The van der Waals surface area contributed by atoms with Crippen molar-refractivity contribution in [1.82, 2.24) is 15.0 Å². The first-order chi connectivity index (χ1) is 6.27. The van der Waals surface area contributed by atoms with Crippen LogP contribution in [0.4, 0.5) is 6.01 Å². The summed E-state index contributed by atoms with van der Waals surface area (Å²) in [6.07, 6.45) is 4.76. The Bertz CT molecular complexity index is 424. The lowest BCUT2D eigenvalue weighted by Crippen LogP contribution is -1.88. The summed E-state index contributed by atoms with van der Waals surface area (Å²) in [5.74, 6) is 0.545. The van der Waals surface area contributed by atoms with Crippen LogP contribution in [0.5, 0.6) is 0 Å². The number of rotatable bonds is 1. The molecule has 0 saturated carbocycles. The average molecular weight is 176 g/mol. The van der Waals surface area contributed by atoms with Crippen LogP contribution in [0.3, 0.4) is 0 Å². The molecule has 2 N–H and O–H groups in total. The first-order valence-corrected chi connectivity index (χ1v) is 3.76. The molecular weight excluding hydrogens is 168 g/mol. The van der Waals surface area contributed by atoms with E-state index in [1.165, 1.54) is 6.20 Å². The molecule has 0 radical (unpaired) electrons. The summed E-state index contributed by atoms with van der Waals surface area (Å²) < 4.78 is 5.11. The highest BCUT2D eigenvalue weighted by molar-refractivity contribution is 5.54. The van der Waals surface area contributed by atoms with Crippen molar-refractivity contribution in [3.05, 3.63) is 24.3 Å². The van der Waals surface area contributed by atoms with E-state index in [0.29, 0.717) is 11.5 Å². The van der Waals surface area contributed by atoms with Crippen molar-refractivity contribution in [3.8, 4) is 11.5 Å². The molecule has 2 aromatic heterocycles. The van der Waals surface area contributed by atoms with Gasteiger partial charge in [0.1, 0.15) is 5.69 Å². The molecular formula is C8H8N4O. The number of nitrogens with zero attached hydrogens (tertiary/aromatic N) is 3. The lowest BCUT2D eigenvalue weighted by molar-refractivity contribution is 0.591. The predicted octanol–water partition coefficient (Wildman–Crippen LogP) is 1.02. The van der Waals surface area contributed by atoms with Crippen molar-refractivity contribution in [3.63, 3.8) is 0 Å². The van der Waals surface area contributed by atoms with E-state index in [0.717, 1.165) is 5.69 Å². The fraction of sp³-hybridized carbons (Fsp3) is 0.125. The van der Waals surface area contributed by atoms with Crippen LogP contribution in [0.1, 0.15) is 5.69 Å². The fourth-order valence-electron chi connectivity index (χ4n) is 1.05. The minimum atomic E-state index is 0.139. The van der Waals surface area contributed by atoms with Crippen molar-refractivity contribution >= 4 is 6.01 Å². The second-order valence-corrected chi connectivity index (χ2v) is 2.55. The lowest BCUT2D eigenvalue weighted by atomic mass is 10.3. The molecule has 0 aromatic carbocycles. The van der Waals surface area contributed by atoms with Gasteiger partial charge in [0.25, 0.3) is 6.01 Å². The van der Waals surface area contributed by atoms with E-state index < -0.39 is 0 Å². The minimum Gasteiger partial charge on any atom is -0.422 e. The van der Waals surface area contributed by atoms with Gasteiger partial charge in [0.15, 0.2) is 5.76 Å². The molecule has 2 aromatic rings. The highest BCUT2D eigenvalue weighted by Gasteiger charge is 2.08. The van der Waals surface area contributed by atoms with Gasteiger partial charge in [-0.15, -0.1) is 0 Å². The highest BCUT2D eigenvalue weighted by Crippen LogP contribution is 2.20. The molecule has 0 saturated heterocycles. The fourth-order valence-corrected chi connectivity index (χ4v) is 1.05. The van der Waals surface area contributed by atoms with Crippen LogP contribution in [0.25, 0.3) is 11.5 Å². The number of hydrogen-bond donors (Lipinski definition) is 1. The molecule has 0 spiro atoms. The van der Waals surface area contributed by atoms with Gasteiger partial charge in [-0.3, -0.25) is 4.98 Å². The number of aromatic nitrogens is 3. The zero-order valence-corrected chi connectivity index (χ0v) is 7.06. The highest BCUT2D eigenvalue weighted by atomic mass is 16.4. The van der Waals surface area contributed by atoms with Crippen molar-refractivity contribution in [2.24, 2.45) is 0 Å². The molecule has 0 aliphatic rings. The Labute approximate surface area is 74.6 Å². The molecule has 0 unspecified atom stereocenters. The van der Waals surface area contributed by atoms with Crippen molar-refractivity contribution < 1.29 is 4.42 Å². The van der Waals surface area contributed by atoms with Gasteiger partial charge in [0, 0.05) is 12.4 Å². The molecule has 0 amide bonds. The average Bonchev–Trinajstić information content (AvgIpc) is 2.53. The Morgan fingerprint density at radius 2 is 2.00 bits per heavy atom. The SMILES string of the molecule is Cc1nccnc1-c1cnc(N)o1. The van der Waals surface area contributed by atoms with E-state index in [1.807, 2.05) is 6.92 Å². The smallest absolute Gasteiger partial charge is 0.292 e. The molecule has 5 heteroatoms. The third-order valence-electron chi connectivity index (χ3n) is 1.64. The maximum Gasteiger partial charge on any atom is 0.292 e. The number of hydrogen-bond acceptors (Lipinski definition) is 5. The van der Waals surface area contributed by atoms with Gasteiger partial charge in [-0.1, -0.05) is 0 Å². The number of oxazole rings is 1. The monoisotopic (exact) mass is 176 g/mol. The number of nitrogens with two attached hydrogens (primary N) is 1. The lowest BCUT2D eigenvalue weighted by Gasteiger charge is -1.97. The van der Waals surface area contributed by atoms with E-state index in [2.05, 4.69) is 15.0 Å². The Balaban J connectivity index is 2.52. The van der Waals surface area contributed by atoms with Crippen LogP contribution in [-0.4, -0.2) is 15.0 Å². The van der Waals surface area contributed by atoms with Gasteiger partial charge in [-0.05, 0) is 6.92 Å². The van der Waals surface area contributed by atoms with Gasteiger partial charge < -0.3 is 10.2 Å². The Morgan fingerprint density at radius 1 is 1.23 bits per heavy atom. The Morgan fingerprint density at radius 3 is 2.62 bits per heavy atom. The third-order valence-corrected chi connectivity index (χ3v) is 1.64. The summed E-state index contributed by atoms with van der Waals surface area (Å²) in [5, 5.41) is 0. The maximum atomic E-state index is 5.34. The first kappa shape index (κ1) is 7.72. The van der Waals surface area contributed by atoms with Gasteiger partial charge >= 0.3 is 0 Å². The molecule has 0 aliphatic carbocycles. The molecule has 0 bridgehead atoms. The molecule has 66 valence electrons. The minimum absolute atomic E-state index is 0.139. The summed E-state index contributed by atoms with van der Waals surface area (Å²) >= 11 is 0. The van der Waals surface area contributed by atoms with Crippen LogP contribution in [0, 0.1) is 6.92 Å². The molecule has 2 rings (SSSR count).